The lowest BCUT2D eigenvalue weighted by Gasteiger charge is -2.40. The Balaban J connectivity index is 0.000000164. The van der Waals surface area contributed by atoms with Gasteiger partial charge < -0.3 is 67.3 Å². The van der Waals surface area contributed by atoms with E-state index in [4.69, 9.17) is 31.8 Å². The highest BCUT2D eigenvalue weighted by atomic mass is 79.9. The van der Waals surface area contributed by atoms with Crippen LogP contribution in [0.3, 0.4) is 0 Å². The van der Waals surface area contributed by atoms with Gasteiger partial charge in [-0.15, -0.1) is 0 Å². The van der Waals surface area contributed by atoms with E-state index >= 15 is 0 Å². The van der Waals surface area contributed by atoms with E-state index in [1.165, 1.54) is 0 Å². The van der Waals surface area contributed by atoms with E-state index in [1.54, 1.807) is 55.6 Å². The first-order chi connectivity index (χ1) is 58.6. The van der Waals surface area contributed by atoms with Crippen LogP contribution >= 0.6 is 31.9 Å². The van der Waals surface area contributed by atoms with Crippen LogP contribution in [-0.4, -0.2) is 241 Å². The van der Waals surface area contributed by atoms with Crippen molar-refractivity contribution in [3.63, 3.8) is 0 Å². The Kier molecular flexibility index (Phi) is 34.0. The van der Waals surface area contributed by atoms with E-state index < -0.39 is 23.3 Å². The Morgan fingerprint density at radius 2 is 0.756 bits per heavy atom. The molecule has 0 saturated carbocycles. The molecular formula is C89H117Br2N23O9. The van der Waals surface area contributed by atoms with Crippen LogP contribution in [0.5, 0.6) is 0 Å². The number of Topliss-reactive ketones (excluding diaryl/α,β-unsaturated/α-hetero) is 3. The number of rotatable bonds is 18. The molecule has 0 radical (unpaired) electrons. The molecule has 0 aliphatic carbocycles. The molecule has 8 aromatic rings. The third-order valence-corrected chi connectivity index (χ3v) is 23.0. The molecule has 0 bridgehead atoms. The second-order valence-electron chi connectivity index (χ2n) is 35.6. The maximum Gasteiger partial charge on any atom is 0.407 e. The summed E-state index contributed by atoms with van der Waals surface area (Å²) in [6.45, 7) is 32.6. The van der Waals surface area contributed by atoms with Gasteiger partial charge in [-0.05, 0) is 157 Å². The number of carbonyl (C=O) groups is 6. The van der Waals surface area contributed by atoms with Gasteiger partial charge in [0.25, 0.3) is 0 Å². The maximum atomic E-state index is 12.8. The van der Waals surface area contributed by atoms with Crippen LogP contribution in [0.25, 0.3) is 44.1 Å². The summed E-state index contributed by atoms with van der Waals surface area (Å²) in [5, 5.41) is 44.8. The van der Waals surface area contributed by atoms with Crippen LogP contribution in [0.1, 0.15) is 131 Å². The minimum Gasteiger partial charge on any atom is -0.481 e. The highest BCUT2D eigenvalue weighted by molar-refractivity contribution is 9.09. The lowest BCUT2D eigenvalue weighted by Crippen LogP contribution is -2.60. The Morgan fingerprint density at radius 3 is 1.08 bits per heavy atom. The zero-order valence-corrected chi connectivity index (χ0v) is 75.2. The summed E-state index contributed by atoms with van der Waals surface area (Å²) in [5.74, 6) is 2.91. The average molecular weight is 1810 g/mol. The van der Waals surface area contributed by atoms with E-state index in [0.29, 0.717) is 131 Å². The summed E-state index contributed by atoms with van der Waals surface area (Å²) < 4.78 is 10.4. The Bertz CT molecular complexity index is 5110. The Hall–Kier alpha value is -10.5. The number of aliphatic carboxylic acids is 1. The van der Waals surface area contributed by atoms with Crippen molar-refractivity contribution in [3.05, 3.63) is 115 Å². The normalized spacial score (nSPS) is 21.2. The number of fused-ring (bicyclic) bond motifs is 4. The number of ketones is 3. The van der Waals surface area contributed by atoms with Gasteiger partial charge in [0, 0.05) is 173 Å². The van der Waals surface area contributed by atoms with Gasteiger partial charge >= 0.3 is 18.2 Å². The number of nitriles is 3. The summed E-state index contributed by atoms with van der Waals surface area (Å²) in [5.41, 5.74) is 29.1. The largest absolute Gasteiger partial charge is 0.481 e. The molecule has 10 N–H and O–H groups in total. The van der Waals surface area contributed by atoms with E-state index in [1.807, 2.05) is 84.0 Å². The Labute approximate surface area is 736 Å². The fourth-order valence-corrected chi connectivity index (χ4v) is 17.3. The summed E-state index contributed by atoms with van der Waals surface area (Å²) in [7, 11) is 0. The first-order valence-corrected chi connectivity index (χ1v) is 44.3. The van der Waals surface area contributed by atoms with Crippen molar-refractivity contribution in [1.82, 2.24) is 65.6 Å². The average Bonchev–Trinajstić information content (AvgIpc) is 0.793. The molecule has 2 amide bonds. The number of halogens is 2. The van der Waals surface area contributed by atoms with Crippen LogP contribution in [0, 0.1) is 75.4 Å². The fourth-order valence-electron chi connectivity index (χ4n) is 17.1. The molecule has 8 atom stereocenters. The molecule has 0 spiro atoms. The predicted octanol–water partition coefficient (Wildman–Crippen LogP) is 10.4. The molecule has 7 aliphatic rings. The van der Waals surface area contributed by atoms with Crippen LogP contribution < -0.4 is 52.8 Å². The number of nitrogens with one attached hydrogen (secondary N) is 3. The van der Waals surface area contributed by atoms with Crippen molar-refractivity contribution < 1.29 is 43.3 Å². The number of benzene rings is 4. The van der Waals surface area contributed by atoms with Gasteiger partial charge in [-0.1, -0.05) is 59.6 Å². The number of carboxylic acid groups (broad SMARTS) is 1. The standard InChI is InChI=1S/C26H34N6O3.C21H26N6O.C18H19BrN4O.C14H19N5.C8H16N2O2.C2H3BrO2/c1-17-9-18(10-21(33)16-31-14-20(15-31)30-25(34)35-26(2,3)4)13-32(12-17)22-6-5-19(11-27)23-24(22)29-8-7-28-23;1-14-6-15(7-18(28)13-26-11-17(23)12-26)10-27(9-14)19-3-2-16(8-22)20-21(19)25-5-4-24-20;1-12-6-13(7-15(24)8-19)11-23(10-12)16-3-2-14(9-20)17-18(16)22-5-4-21-17;1-9-6-10(15)8-19(7-9)12-3-2-11(16)13-14(12)18-5-4-17-13;1-8(2,3)12-7(11)10-6-4-9-5-6;3-1-2(4)5/h5-8,17-18,20H,9-10,12-16H2,1-4H3,(H,30,34);2-5,14-15,17H,6-7,9-13,23H2,1H3;2-5,12-13H,6-8,10-11H2,1H3;2-5,9-10H,6-8,15-16H2,1H3;6,9H,4-5H2,1-3H3,(H,10,11);1H2,(H,4,5)/t17-,18-;14-,15-;12-,13-;9-,10+;;/m0000../s1. The third kappa shape index (κ3) is 27.7. The number of hydrogen-bond acceptors (Lipinski definition) is 29. The summed E-state index contributed by atoms with van der Waals surface area (Å²) in [4.78, 5) is 118. The predicted molar refractivity (Wildman–Crippen MR) is 483 cm³/mol. The number of alkyl carbamates (subject to hydrolysis) is 2. The second-order valence-corrected chi connectivity index (χ2v) is 36.8. The molecule has 123 heavy (non-hydrogen) atoms. The number of aromatic nitrogens is 8. The number of alkyl halides is 2. The number of ether oxygens (including phenoxy) is 2. The van der Waals surface area contributed by atoms with Crippen molar-refractivity contribution in [2.75, 3.05) is 141 Å². The number of nitrogens with two attached hydrogens (primary N) is 3. The van der Waals surface area contributed by atoms with E-state index in [2.05, 4.69) is 163 Å². The van der Waals surface area contributed by atoms with Gasteiger partial charge in [0.05, 0.1) is 75.6 Å². The number of piperidine rings is 4. The van der Waals surface area contributed by atoms with Gasteiger partial charge in [-0.2, -0.15) is 15.8 Å². The number of carboxylic acids is 1. The molecule has 32 nitrogen and oxygen atoms in total. The smallest absolute Gasteiger partial charge is 0.407 e. The Morgan fingerprint density at radius 1 is 0.439 bits per heavy atom. The molecule has 0 unspecified atom stereocenters. The molecule has 7 aliphatic heterocycles. The highest BCUT2D eigenvalue weighted by Crippen LogP contribution is 2.38. The first-order valence-electron chi connectivity index (χ1n) is 42.1. The first kappa shape index (κ1) is 94.7. The molecule has 34 heteroatoms. The van der Waals surface area contributed by atoms with E-state index in [9.17, 15) is 44.6 Å². The van der Waals surface area contributed by atoms with Crippen molar-refractivity contribution in [2.45, 2.75) is 150 Å². The number of hydrogen-bond donors (Lipinski definition) is 7. The molecule has 656 valence electrons. The van der Waals surface area contributed by atoms with E-state index in [-0.39, 0.29) is 53.1 Å². The van der Waals surface area contributed by atoms with Gasteiger partial charge in [0.1, 0.15) is 96.2 Å². The van der Waals surface area contributed by atoms with Crippen LogP contribution in [0.15, 0.2) is 98.1 Å². The molecule has 4 aromatic carbocycles. The molecule has 7 fully saturated rings. The van der Waals surface area contributed by atoms with E-state index in [0.717, 1.165) is 155 Å². The number of nitrogen functional groups attached to an aromatic ring is 1. The van der Waals surface area contributed by atoms with Crippen LogP contribution in [0.4, 0.5) is 38.0 Å². The number of likely N-dealkylation sites (tertiary alicyclic amines) is 2. The van der Waals surface area contributed by atoms with Crippen molar-refractivity contribution >= 4 is 140 Å². The number of amides is 2. The van der Waals surface area contributed by atoms with Crippen molar-refractivity contribution in [1.29, 1.82) is 15.8 Å². The zero-order chi connectivity index (χ0) is 88.8. The monoisotopic (exact) mass is 1810 g/mol. The molecular weight excluding hydrogens is 1690 g/mol. The van der Waals surface area contributed by atoms with Gasteiger partial charge in [0.2, 0.25) is 0 Å². The lowest BCUT2D eigenvalue weighted by molar-refractivity contribution is -0.134. The van der Waals surface area contributed by atoms with Crippen LogP contribution in [-0.2, 0) is 28.7 Å². The second kappa shape index (κ2) is 44.2. The van der Waals surface area contributed by atoms with Crippen molar-refractivity contribution in [2.24, 2.45) is 52.9 Å². The third-order valence-electron chi connectivity index (χ3n) is 21.9. The molecule has 4 aromatic heterocycles. The summed E-state index contributed by atoms with van der Waals surface area (Å²) in [6, 6.07) is 22.5. The van der Waals surface area contributed by atoms with Crippen LogP contribution in [0.2, 0.25) is 0 Å². The molecule has 11 heterocycles. The van der Waals surface area contributed by atoms with Gasteiger partial charge in [0.15, 0.2) is 0 Å². The van der Waals surface area contributed by atoms with Gasteiger partial charge in [-0.25, -0.2) is 9.59 Å². The maximum absolute atomic E-state index is 12.8. The minimum atomic E-state index is -0.829. The SMILES string of the molecule is CC(C)(C)OC(=O)NC1CNC1.C[C@H]1C[C@@H](CC(=O)CBr)CN(c2ccc(C#N)c3nccnc23)C1.C[C@H]1C[C@@H](CC(=O)CN2CC(N)C2)CN(c2ccc(C#N)c3nccnc23)C1.C[C@H]1C[C@@H](CC(=O)CN2CC(NC(=O)OC(C)(C)C)C2)CN(c2ccc(C#N)c3nccnc23)C1.C[C@H]1C[C@@H](N)CN(c2ccc(N)c3nccnc23)C1.O=C(O)CBr. The van der Waals surface area contributed by atoms with Crippen molar-refractivity contribution in [3.8, 4) is 18.2 Å². The highest BCUT2D eigenvalue weighted by Gasteiger charge is 2.36. The quantitative estimate of drug-likeness (QED) is 0.0310. The number of carbonyl (C=O) groups excluding carboxylic acids is 5. The fraction of sp³-hybridized carbons (Fsp3) is 0.539. The summed E-state index contributed by atoms with van der Waals surface area (Å²) >= 11 is 5.97. The minimum absolute atomic E-state index is 0.0219. The molecule has 7 saturated heterocycles. The number of nitrogens with zero attached hydrogens (tertiary/aromatic N) is 17. The number of anilines is 5. The molecule has 15 rings (SSSR count). The van der Waals surface area contributed by atoms with Gasteiger partial charge in [-0.3, -0.25) is 68.8 Å². The lowest BCUT2D eigenvalue weighted by atomic mass is 9.86. The zero-order valence-electron chi connectivity index (χ0n) is 72.1. The summed E-state index contributed by atoms with van der Waals surface area (Å²) in [6.07, 6.45) is 18.4. The topological polar surface area (TPSA) is 449 Å².